The maximum absolute atomic E-state index is 5.85. The lowest BCUT2D eigenvalue weighted by atomic mass is 10.0. The first-order valence-corrected chi connectivity index (χ1v) is 6.99. The van der Waals surface area contributed by atoms with Crippen molar-refractivity contribution in [3.8, 4) is 0 Å². The fourth-order valence-electron chi connectivity index (χ4n) is 1.25. The van der Waals surface area contributed by atoms with Crippen LogP contribution in [0, 0.1) is 0 Å². The molecule has 0 aromatic rings. The van der Waals surface area contributed by atoms with Crippen molar-refractivity contribution in [2.75, 3.05) is 20.8 Å². The van der Waals surface area contributed by atoms with Gasteiger partial charge in [-0.1, -0.05) is 19.2 Å². The number of rotatable bonds is 9. The van der Waals surface area contributed by atoms with Crippen molar-refractivity contribution in [1.82, 2.24) is 0 Å². The summed E-state index contributed by atoms with van der Waals surface area (Å²) in [4.78, 5) is 0. The molecule has 17 heavy (non-hydrogen) atoms. The Bertz CT molecular complexity index is 257. The zero-order valence-electron chi connectivity index (χ0n) is 10.5. The van der Waals surface area contributed by atoms with Gasteiger partial charge in [-0.15, -0.1) is 0 Å². The molecule has 7 heteroatoms. The summed E-state index contributed by atoms with van der Waals surface area (Å²) >= 11 is 0. The van der Waals surface area contributed by atoms with Crippen LogP contribution in [0.2, 0.25) is 0 Å². The summed E-state index contributed by atoms with van der Waals surface area (Å²) in [5, 5.41) is 0. The van der Waals surface area contributed by atoms with E-state index in [4.69, 9.17) is 30.5 Å². The highest BCUT2D eigenvalue weighted by molar-refractivity contribution is 6.66. The third kappa shape index (κ3) is 5.55. The minimum absolute atomic E-state index is 0.226. The van der Waals surface area contributed by atoms with Crippen LogP contribution in [0.1, 0.15) is 6.42 Å². The van der Waals surface area contributed by atoms with E-state index in [0.717, 1.165) is 0 Å². The van der Waals surface area contributed by atoms with E-state index < -0.39 is 14.5 Å². The molecule has 6 N–H and O–H groups in total. The zero-order chi connectivity index (χ0) is 13.5. The lowest BCUT2D eigenvalue weighted by molar-refractivity contribution is 0.102. The molecule has 6 nitrogen and oxygen atoms in total. The first-order chi connectivity index (χ1) is 7.84. The van der Waals surface area contributed by atoms with Gasteiger partial charge < -0.3 is 30.5 Å². The predicted octanol–water partition coefficient (Wildman–Crippen LogP) is -0.523. The quantitative estimate of drug-likeness (QED) is 0.293. The molecule has 0 fully saturated rings. The normalized spacial score (nSPS) is 14.4. The smallest absolute Gasteiger partial charge is 0.374 e. The van der Waals surface area contributed by atoms with Gasteiger partial charge >= 0.3 is 8.80 Å². The Labute approximate surface area is 104 Å². The second kappa shape index (κ2) is 7.02. The monoisotopic (exact) mass is 261 g/mol. The van der Waals surface area contributed by atoms with Crippen molar-refractivity contribution in [3.63, 3.8) is 0 Å². The van der Waals surface area contributed by atoms with E-state index in [1.807, 2.05) is 0 Å². The highest BCUT2D eigenvalue weighted by atomic mass is 28.4. The molecular formula is C10H23N3O3Si. The zero-order valence-corrected chi connectivity index (χ0v) is 11.5. The van der Waals surface area contributed by atoms with E-state index in [1.54, 1.807) is 0 Å². The number of nitrogens with two attached hydrogens (primary N) is 3. The van der Waals surface area contributed by atoms with Gasteiger partial charge in [-0.3, -0.25) is 0 Å². The lowest BCUT2D eigenvalue weighted by Crippen LogP contribution is -2.53. The Kier molecular flexibility index (Phi) is 6.79. The maximum atomic E-state index is 5.85. The average Bonchev–Trinajstić information content (AvgIpc) is 2.31. The summed E-state index contributed by atoms with van der Waals surface area (Å²) in [5.41, 5.74) is 17.8. The highest BCUT2D eigenvalue weighted by Crippen LogP contribution is 2.10. The van der Waals surface area contributed by atoms with Gasteiger partial charge in [0, 0.05) is 20.3 Å². The molecule has 0 heterocycles. The Balaban J connectivity index is 4.27. The molecule has 0 aliphatic heterocycles. The molecule has 0 spiro atoms. The fourth-order valence-corrected chi connectivity index (χ4v) is 2.55. The summed E-state index contributed by atoms with van der Waals surface area (Å²) in [6, 6.07) is -0.333. The van der Waals surface area contributed by atoms with Crippen LogP contribution >= 0.6 is 0 Å². The molecule has 1 unspecified atom stereocenters. The van der Waals surface area contributed by atoms with Crippen LogP contribution in [0.15, 0.2) is 24.9 Å². The SMILES string of the molecule is C=CC(N)(N)CC(N)CO[Si](C=C)(OC)OC. The van der Waals surface area contributed by atoms with Gasteiger partial charge in [0.25, 0.3) is 0 Å². The Hall–Kier alpha value is -0.543. The van der Waals surface area contributed by atoms with Crippen molar-refractivity contribution in [2.24, 2.45) is 17.2 Å². The van der Waals surface area contributed by atoms with Crippen LogP contribution in [-0.2, 0) is 13.3 Å². The summed E-state index contributed by atoms with van der Waals surface area (Å²) in [6.07, 6.45) is 1.81. The van der Waals surface area contributed by atoms with Gasteiger partial charge in [-0.2, -0.15) is 0 Å². The summed E-state index contributed by atoms with van der Waals surface area (Å²) in [5.74, 6) is 0. The second-order valence-electron chi connectivity index (χ2n) is 3.81. The molecule has 0 saturated carbocycles. The van der Waals surface area contributed by atoms with Crippen LogP contribution in [0.3, 0.4) is 0 Å². The van der Waals surface area contributed by atoms with Gasteiger partial charge in [-0.05, 0) is 12.1 Å². The van der Waals surface area contributed by atoms with Crippen molar-refractivity contribution in [3.05, 3.63) is 24.9 Å². The summed E-state index contributed by atoms with van der Waals surface area (Å²) in [6.45, 7) is 7.39. The van der Waals surface area contributed by atoms with Crippen molar-refractivity contribution < 1.29 is 13.3 Å². The molecule has 0 amide bonds. The minimum atomic E-state index is -2.79. The number of hydrogen-bond donors (Lipinski definition) is 3. The molecule has 100 valence electrons. The van der Waals surface area contributed by atoms with E-state index in [-0.39, 0.29) is 12.6 Å². The molecule has 0 aromatic heterocycles. The third-order valence-electron chi connectivity index (χ3n) is 2.31. The molecule has 0 rings (SSSR count). The van der Waals surface area contributed by atoms with Gasteiger partial charge in [0.15, 0.2) is 0 Å². The standard InChI is InChI=1S/C10H23N3O3Si/c1-5-10(12,13)7-9(11)8-16-17(6-2,14-3)15-4/h5-6,9H,1-2,7-8,11-13H2,3-4H3. The van der Waals surface area contributed by atoms with Crippen molar-refractivity contribution >= 4 is 8.80 Å². The van der Waals surface area contributed by atoms with E-state index in [1.165, 1.54) is 26.0 Å². The van der Waals surface area contributed by atoms with E-state index in [2.05, 4.69) is 13.2 Å². The molecular weight excluding hydrogens is 238 g/mol. The lowest BCUT2D eigenvalue weighted by Gasteiger charge is -2.27. The minimum Gasteiger partial charge on any atom is -0.374 e. The fraction of sp³-hybridized carbons (Fsp3) is 0.600. The third-order valence-corrected chi connectivity index (χ3v) is 4.52. The number of hydrogen-bond acceptors (Lipinski definition) is 6. The molecule has 1 atom stereocenters. The van der Waals surface area contributed by atoms with E-state index >= 15 is 0 Å². The topological polar surface area (TPSA) is 106 Å². The molecule has 0 saturated heterocycles. The van der Waals surface area contributed by atoms with E-state index in [0.29, 0.717) is 6.42 Å². The molecule has 0 aliphatic rings. The van der Waals surface area contributed by atoms with Crippen LogP contribution in [-0.4, -0.2) is 41.3 Å². The van der Waals surface area contributed by atoms with Crippen LogP contribution < -0.4 is 17.2 Å². The summed E-state index contributed by atoms with van der Waals surface area (Å²) < 4.78 is 15.9. The Morgan fingerprint density at radius 2 is 1.82 bits per heavy atom. The van der Waals surface area contributed by atoms with Crippen LogP contribution in [0.4, 0.5) is 0 Å². The van der Waals surface area contributed by atoms with Gasteiger partial charge in [0.05, 0.1) is 12.3 Å². The van der Waals surface area contributed by atoms with Crippen LogP contribution in [0.5, 0.6) is 0 Å². The maximum Gasteiger partial charge on any atom is 0.528 e. The summed E-state index contributed by atoms with van der Waals surface area (Å²) in [7, 11) is 0.216. The van der Waals surface area contributed by atoms with E-state index in [9.17, 15) is 0 Å². The molecule has 0 bridgehead atoms. The average molecular weight is 261 g/mol. The second-order valence-corrected chi connectivity index (χ2v) is 6.53. The van der Waals surface area contributed by atoms with Gasteiger partial charge in [0.2, 0.25) is 0 Å². The molecule has 0 radical (unpaired) electrons. The molecule has 0 aliphatic carbocycles. The Morgan fingerprint density at radius 3 is 2.18 bits per heavy atom. The Morgan fingerprint density at radius 1 is 1.29 bits per heavy atom. The van der Waals surface area contributed by atoms with Gasteiger partial charge in [-0.25, -0.2) is 0 Å². The van der Waals surface area contributed by atoms with Crippen molar-refractivity contribution in [2.45, 2.75) is 18.1 Å². The van der Waals surface area contributed by atoms with Gasteiger partial charge in [0.1, 0.15) is 0 Å². The predicted molar refractivity (Wildman–Crippen MR) is 69.8 cm³/mol. The highest BCUT2D eigenvalue weighted by Gasteiger charge is 2.36. The molecule has 0 aromatic carbocycles. The first-order valence-electron chi connectivity index (χ1n) is 5.19. The largest absolute Gasteiger partial charge is 0.528 e. The first kappa shape index (κ1) is 16.5. The van der Waals surface area contributed by atoms with Crippen molar-refractivity contribution in [1.29, 1.82) is 0 Å². The van der Waals surface area contributed by atoms with Crippen LogP contribution in [0.25, 0.3) is 0 Å².